The van der Waals surface area contributed by atoms with Gasteiger partial charge in [0.2, 0.25) is 0 Å². The smallest absolute Gasteiger partial charge is 0.149 e. The van der Waals surface area contributed by atoms with Gasteiger partial charge in [0, 0.05) is 12.0 Å². The highest BCUT2D eigenvalue weighted by Crippen LogP contribution is 2.08. The molecule has 0 aliphatic carbocycles. The first-order valence-electron chi connectivity index (χ1n) is 5.74. The molecule has 3 heteroatoms. The standard InChI is InChI=1S/C12H25NOS/c1-6-10(2)12(14)9-13(4)11(3)7-8-15-5/h10-11H,6-9H2,1-5H3. The maximum absolute atomic E-state index is 11.7. The van der Waals surface area contributed by atoms with E-state index in [9.17, 15) is 4.79 Å². The number of Topliss-reactive ketones (excluding diaryl/α,β-unsaturated/α-hetero) is 1. The lowest BCUT2D eigenvalue weighted by atomic mass is 10.0. The molecule has 90 valence electrons. The van der Waals surface area contributed by atoms with E-state index in [2.05, 4.69) is 25.0 Å². The summed E-state index contributed by atoms with van der Waals surface area (Å²) in [5.74, 6) is 1.75. The zero-order valence-electron chi connectivity index (χ0n) is 10.7. The fraction of sp³-hybridized carbons (Fsp3) is 0.917. The van der Waals surface area contributed by atoms with Gasteiger partial charge in [-0.2, -0.15) is 11.8 Å². The Balaban J connectivity index is 3.89. The van der Waals surface area contributed by atoms with E-state index in [-0.39, 0.29) is 5.92 Å². The highest BCUT2D eigenvalue weighted by molar-refractivity contribution is 7.98. The molecule has 2 nitrogen and oxygen atoms in total. The van der Waals surface area contributed by atoms with Gasteiger partial charge in [-0.1, -0.05) is 13.8 Å². The molecule has 0 fully saturated rings. The molecule has 15 heavy (non-hydrogen) atoms. The number of thioether (sulfide) groups is 1. The molecule has 0 spiro atoms. The van der Waals surface area contributed by atoms with Gasteiger partial charge < -0.3 is 0 Å². The third-order valence-electron chi connectivity index (χ3n) is 3.06. The third kappa shape index (κ3) is 6.21. The normalized spacial score (nSPS) is 15.3. The molecule has 0 heterocycles. The number of likely N-dealkylation sites (N-methyl/N-ethyl adjacent to an activating group) is 1. The number of hydrogen-bond donors (Lipinski definition) is 0. The first-order valence-corrected chi connectivity index (χ1v) is 7.14. The zero-order chi connectivity index (χ0) is 11.8. The van der Waals surface area contributed by atoms with Crippen molar-refractivity contribution in [2.24, 2.45) is 5.92 Å². The Hall–Kier alpha value is -0.0200. The van der Waals surface area contributed by atoms with Gasteiger partial charge in [0.1, 0.15) is 5.78 Å². The molecule has 0 aromatic carbocycles. The van der Waals surface area contributed by atoms with Crippen molar-refractivity contribution in [3.8, 4) is 0 Å². The van der Waals surface area contributed by atoms with Crippen LogP contribution >= 0.6 is 11.8 Å². The highest BCUT2D eigenvalue weighted by atomic mass is 32.2. The van der Waals surface area contributed by atoms with E-state index < -0.39 is 0 Å². The fourth-order valence-corrected chi connectivity index (χ4v) is 1.87. The van der Waals surface area contributed by atoms with Crippen LogP contribution in [0.25, 0.3) is 0 Å². The molecule has 0 aromatic rings. The molecule has 0 N–H and O–H groups in total. The van der Waals surface area contributed by atoms with E-state index in [1.54, 1.807) is 0 Å². The Kier molecular flexibility index (Phi) is 8.16. The molecule has 0 bridgehead atoms. The molecule has 0 saturated carbocycles. The highest BCUT2D eigenvalue weighted by Gasteiger charge is 2.16. The second-order valence-corrected chi connectivity index (χ2v) is 5.31. The van der Waals surface area contributed by atoms with Gasteiger partial charge in [-0.3, -0.25) is 9.69 Å². The minimum Gasteiger partial charge on any atom is -0.298 e. The quantitative estimate of drug-likeness (QED) is 0.640. The summed E-state index contributed by atoms with van der Waals surface area (Å²) >= 11 is 1.87. The summed E-state index contributed by atoms with van der Waals surface area (Å²) in [7, 11) is 2.05. The van der Waals surface area contributed by atoms with Crippen molar-refractivity contribution in [3.63, 3.8) is 0 Å². The summed E-state index contributed by atoms with van der Waals surface area (Å²) in [6, 6.07) is 0.505. The van der Waals surface area contributed by atoms with Crippen LogP contribution in [-0.2, 0) is 4.79 Å². The molecule has 2 unspecified atom stereocenters. The number of hydrogen-bond acceptors (Lipinski definition) is 3. The van der Waals surface area contributed by atoms with Crippen LogP contribution in [0.15, 0.2) is 0 Å². The number of carbonyl (C=O) groups is 1. The zero-order valence-corrected chi connectivity index (χ0v) is 11.6. The van der Waals surface area contributed by atoms with Crippen molar-refractivity contribution in [1.29, 1.82) is 0 Å². The maximum Gasteiger partial charge on any atom is 0.149 e. The van der Waals surface area contributed by atoms with Gasteiger partial charge in [-0.05, 0) is 38.8 Å². The monoisotopic (exact) mass is 231 g/mol. The van der Waals surface area contributed by atoms with Crippen LogP contribution < -0.4 is 0 Å². The minimum atomic E-state index is 0.209. The lowest BCUT2D eigenvalue weighted by Crippen LogP contribution is -2.36. The summed E-state index contributed by atoms with van der Waals surface area (Å²) in [5, 5.41) is 0. The van der Waals surface area contributed by atoms with Crippen molar-refractivity contribution in [1.82, 2.24) is 4.90 Å². The van der Waals surface area contributed by atoms with Gasteiger partial charge in [0.05, 0.1) is 6.54 Å². The van der Waals surface area contributed by atoms with E-state index in [4.69, 9.17) is 0 Å². The second kappa shape index (κ2) is 8.17. The first kappa shape index (κ1) is 15.0. The average molecular weight is 231 g/mol. The Morgan fingerprint density at radius 2 is 2.00 bits per heavy atom. The molecule has 0 radical (unpaired) electrons. The number of carbonyl (C=O) groups excluding carboxylic acids is 1. The van der Waals surface area contributed by atoms with E-state index in [1.807, 2.05) is 25.7 Å². The molecule has 0 saturated heterocycles. The third-order valence-corrected chi connectivity index (χ3v) is 3.70. The predicted molar refractivity (Wildman–Crippen MR) is 69.6 cm³/mol. The Labute approximate surface area is 98.8 Å². The lowest BCUT2D eigenvalue weighted by molar-refractivity contribution is -0.123. The fourth-order valence-electron chi connectivity index (χ4n) is 1.29. The molecular formula is C12H25NOS. The average Bonchev–Trinajstić information content (AvgIpc) is 2.24. The topological polar surface area (TPSA) is 20.3 Å². The summed E-state index contributed by atoms with van der Waals surface area (Å²) < 4.78 is 0. The first-order chi connectivity index (χ1) is 7.02. The van der Waals surface area contributed by atoms with E-state index >= 15 is 0 Å². The summed E-state index contributed by atoms with van der Waals surface area (Å²) in [6.07, 6.45) is 4.23. The maximum atomic E-state index is 11.7. The molecular weight excluding hydrogens is 206 g/mol. The van der Waals surface area contributed by atoms with Gasteiger partial charge >= 0.3 is 0 Å². The Morgan fingerprint density at radius 3 is 2.47 bits per heavy atom. The van der Waals surface area contributed by atoms with Crippen LogP contribution in [0, 0.1) is 5.92 Å². The predicted octanol–water partition coefficient (Wildman–Crippen LogP) is 2.68. The number of ketones is 1. The Morgan fingerprint density at radius 1 is 1.40 bits per heavy atom. The van der Waals surface area contributed by atoms with Crippen molar-refractivity contribution in [3.05, 3.63) is 0 Å². The van der Waals surface area contributed by atoms with Crippen LogP contribution in [0.1, 0.15) is 33.6 Å². The summed E-state index contributed by atoms with van der Waals surface area (Å²) in [6.45, 7) is 6.88. The van der Waals surface area contributed by atoms with Crippen molar-refractivity contribution >= 4 is 17.5 Å². The van der Waals surface area contributed by atoms with Gasteiger partial charge in [0.25, 0.3) is 0 Å². The van der Waals surface area contributed by atoms with E-state index in [1.165, 1.54) is 5.75 Å². The minimum absolute atomic E-state index is 0.209. The van der Waals surface area contributed by atoms with Crippen molar-refractivity contribution < 1.29 is 4.79 Å². The van der Waals surface area contributed by atoms with Gasteiger partial charge in [0.15, 0.2) is 0 Å². The van der Waals surface area contributed by atoms with E-state index in [0.29, 0.717) is 18.4 Å². The van der Waals surface area contributed by atoms with Gasteiger partial charge in [-0.25, -0.2) is 0 Å². The van der Waals surface area contributed by atoms with Crippen LogP contribution in [-0.4, -0.2) is 42.3 Å². The second-order valence-electron chi connectivity index (χ2n) is 4.32. The molecule has 0 aliphatic rings. The lowest BCUT2D eigenvalue weighted by Gasteiger charge is -2.24. The largest absolute Gasteiger partial charge is 0.298 e. The number of rotatable bonds is 8. The summed E-state index contributed by atoms with van der Waals surface area (Å²) in [4.78, 5) is 13.9. The SMILES string of the molecule is CCC(C)C(=O)CN(C)C(C)CCSC. The van der Waals surface area contributed by atoms with Crippen LogP contribution in [0.3, 0.4) is 0 Å². The molecule has 2 atom stereocenters. The molecule has 0 rings (SSSR count). The van der Waals surface area contributed by atoms with E-state index in [0.717, 1.165) is 12.8 Å². The Bertz CT molecular complexity index is 184. The molecule has 0 amide bonds. The summed E-state index contributed by atoms with van der Waals surface area (Å²) in [5.41, 5.74) is 0. The molecule has 0 aliphatic heterocycles. The van der Waals surface area contributed by atoms with Crippen molar-refractivity contribution in [2.45, 2.75) is 39.7 Å². The van der Waals surface area contributed by atoms with Crippen LogP contribution in [0.5, 0.6) is 0 Å². The van der Waals surface area contributed by atoms with Crippen LogP contribution in [0.2, 0.25) is 0 Å². The van der Waals surface area contributed by atoms with Gasteiger partial charge in [-0.15, -0.1) is 0 Å². The van der Waals surface area contributed by atoms with Crippen molar-refractivity contribution in [2.75, 3.05) is 25.6 Å². The number of nitrogens with zero attached hydrogens (tertiary/aromatic N) is 1. The molecule has 0 aromatic heterocycles. The van der Waals surface area contributed by atoms with Crippen LogP contribution in [0.4, 0.5) is 0 Å².